The second-order valence-corrected chi connectivity index (χ2v) is 8.73. The molecule has 0 atom stereocenters. The summed E-state index contributed by atoms with van der Waals surface area (Å²) in [5.74, 6) is 0. The Kier molecular flexibility index (Phi) is 3.80. The Morgan fingerprint density at radius 1 is 0.515 bits per heavy atom. The van der Waals surface area contributed by atoms with Crippen LogP contribution >= 0.6 is 0 Å². The monoisotopic (exact) mass is 423 g/mol. The number of nitrogens with zero attached hydrogens (tertiary/aromatic N) is 1. The van der Waals surface area contributed by atoms with E-state index in [0.717, 1.165) is 21.9 Å². The average Bonchev–Trinajstić information content (AvgIpc) is 3.39. The van der Waals surface area contributed by atoms with Crippen LogP contribution in [0.5, 0.6) is 0 Å². The molecule has 0 aliphatic heterocycles. The second-order valence-electron chi connectivity index (χ2n) is 8.73. The molecule has 0 bridgehead atoms. The summed E-state index contributed by atoms with van der Waals surface area (Å²) in [6.07, 6.45) is 0. The molecule has 7 aromatic rings. The number of furan rings is 1. The van der Waals surface area contributed by atoms with Gasteiger partial charge >= 0.3 is 0 Å². The smallest absolute Gasteiger partial charge is 0.135 e. The first-order valence-corrected chi connectivity index (χ1v) is 11.3. The van der Waals surface area contributed by atoms with Crippen molar-refractivity contribution in [2.45, 2.75) is 6.92 Å². The molecule has 2 heteroatoms. The first-order chi connectivity index (χ1) is 16.3. The second kappa shape index (κ2) is 6.85. The molecular formula is C31H21NO. The van der Waals surface area contributed by atoms with Crippen molar-refractivity contribution < 1.29 is 4.42 Å². The summed E-state index contributed by atoms with van der Waals surface area (Å²) in [6.45, 7) is 2.16. The number of hydrogen-bond donors (Lipinski definition) is 0. The number of aryl methyl sites for hydroxylation is 1. The van der Waals surface area contributed by atoms with E-state index in [9.17, 15) is 0 Å². The van der Waals surface area contributed by atoms with Crippen LogP contribution in [0.3, 0.4) is 0 Å². The zero-order valence-corrected chi connectivity index (χ0v) is 18.2. The lowest BCUT2D eigenvalue weighted by atomic mass is 10.0. The lowest BCUT2D eigenvalue weighted by Gasteiger charge is -2.08. The van der Waals surface area contributed by atoms with Crippen LogP contribution in [0.25, 0.3) is 60.6 Å². The topological polar surface area (TPSA) is 18.1 Å². The molecule has 33 heavy (non-hydrogen) atoms. The fourth-order valence-electron chi connectivity index (χ4n) is 5.08. The lowest BCUT2D eigenvalue weighted by Crippen LogP contribution is -1.93. The summed E-state index contributed by atoms with van der Waals surface area (Å²) < 4.78 is 8.40. The Bertz CT molecular complexity index is 1820. The van der Waals surface area contributed by atoms with Crippen LogP contribution in [-0.2, 0) is 0 Å². The van der Waals surface area contributed by atoms with Gasteiger partial charge in [0, 0.05) is 27.2 Å². The van der Waals surface area contributed by atoms with Gasteiger partial charge in [-0.25, -0.2) is 0 Å². The third-order valence-corrected chi connectivity index (χ3v) is 6.65. The number of aromatic nitrogens is 1. The summed E-state index contributed by atoms with van der Waals surface area (Å²) >= 11 is 0. The molecule has 0 spiro atoms. The lowest BCUT2D eigenvalue weighted by molar-refractivity contribution is 0.669. The van der Waals surface area contributed by atoms with Crippen molar-refractivity contribution in [3.63, 3.8) is 0 Å². The van der Waals surface area contributed by atoms with Gasteiger partial charge in [-0.2, -0.15) is 0 Å². The third kappa shape index (κ3) is 2.74. The van der Waals surface area contributed by atoms with Crippen LogP contribution in [0.2, 0.25) is 0 Å². The van der Waals surface area contributed by atoms with Crippen molar-refractivity contribution in [3.8, 4) is 16.8 Å². The quantitative estimate of drug-likeness (QED) is 0.272. The van der Waals surface area contributed by atoms with E-state index in [4.69, 9.17) is 4.42 Å². The highest BCUT2D eigenvalue weighted by atomic mass is 16.3. The molecule has 0 unspecified atom stereocenters. The normalized spacial score (nSPS) is 11.8. The Morgan fingerprint density at radius 2 is 1.15 bits per heavy atom. The fraction of sp³-hybridized carbons (Fsp3) is 0.0323. The van der Waals surface area contributed by atoms with E-state index in [1.807, 2.05) is 12.1 Å². The van der Waals surface area contributed by atoms with Crippen LogP contribution in [-0.4, -0.2) is 4.57 Å². The van der Waals surface area contributed by atoms with Gasteiger partial charge in [0.1, 0.15) is 11.2 Å². The van der Waals surface area contributed by atoms with E-state index in [1.54, 1.807) is 0 Å². The molecule has 2 heterocycles. The van der Waals surface area contributed by atoms with Crippen molar-refractivity contribution in [2.75, 3.05) is 0 Å². The SMILES string of the molecule is Cc1ccc2c(c1)c1cc(-c3ccc4oc5ccccc5c4c3)ccc1n2-c1ccccc1. The minimum atomic E-state index is 0.928. The van der Waals surface area contributed by atoms with Crippen molar-refractivity contribution in [3.05, 3.63) is 115 Å². The Labute approximate surface area is 191 Å². The number of hydrogen-bond acceptors (Lipinski definition) is 1. The molecule has 0 N–H and O–H groups in total. The summed E-state index contributed by atoms with van der Waals surface area (Å²) in [5, 5.41) is 4.87. The highest BCUT2D eigenvalue weighted by Gasteiger charge is 2.14. The number of fused-ring (bicyclic) bond motifs is 6. The van der Waals surface area contributed by atoms with Gasteiger partial charge in [-0.3, -0.25) is 0 Å². The van der Waals surface area contributed by atoms with Crippen LogP contribution < -0.4 is 0 Å². The van der Waals surface area contributed by atoms with E-state index in [1.165, 1.54) is 44.2 Å². The van der Waals surface area contributed by atoms with Gasteiger partial charge < -0.3 is 8.98 Å². The van der Waals surface area contributed by atoms with E-state index in [0.29, 0.717) is 0 Å². The third-order valence-electron chi connectivity index (χ3n) is 6.65. The standard InChI is InChI=1S/C31H21NO/c1-20-11-14-28-25(17-20)26-18-21(12-15-29(26)32(28)23-7-3-2-4-8-23)22-13-16-31-27(19-22)24-9-5-6-10-30(24)33-31/h2-19H,1H3. The first kappa shape index (κ1) is 18.3. The van der Waals surface area contributed by atoms with Gasteiger partial charge in [0.15, 0.2) is 0 Å². The molecule has 0 aliphatic rings. The minimum absolute atomic E-state index is 0.928. The van der Waals surface area contributed by atoms with Gasteiger partial charge in [-0.15, -0.1) is 0 Å². The fourth-order valence-corrected chi connectivity index (χ4v) is 5.08. The summed E-state index contributed by atoms with van der Waals surface area (Å²) in [5.41, 5.74) is 9.17. The zero-order valence-electron chi connectivity index (χ0n) is 18.2. The minimum Gasteiger partial charge on any atom is -0.456 e. The maximum atomic E-state index is 6.03. The molecule has 0 amide bonds. The number of rotatable bonds is 2. The van der Waals surface area contributed by atoms with Crippen molar-refractivity contribution in [1.82, 2.24) is 4.57 Å². The first-order valence-electron chi connectivity index (χ1n) is 11.3. The molecule has 156 valence electrons. The molecule has 0 fully saturated rings. The molecule has 5 aromatic carbocycles. The van der Waals surface area contributed by atoms with Crippen molar-refractivity contribution >= 4 is 43.7 Å². The largest absolute Gasteiger partial charge is 0.456 e. The predicted octanol–water partition coefficient (Wildman–Crippen LogP) is 8.66. The van der Waals surface area contributed by atoms with Crippen LogP contribution in [0.15, 0.2) is 114 Å². The summed E-state index contributed by atoms with van der Waals surface area (Å²) in [4.78, 5) is 0. The molecular weight excluding hydrogens is 402 g/mol. The van der Waals surface area contributed by atoms with Crippen LogP contribution in [0, 0.1) is 6.92 Å². The molecule has 0 saturated carbocycles. The van der Waals surface area contributed by atoms with Crippen molar-refractivity contribution in [1.29, 1.82) is 0 Å². The number of benzene rings is 5. The van der Waals surface area contributed by atoms with E-state index >= 15 is 0 Å². The van der Waals surface area contributed by atoms with Crippen LogP contribution in [0.1, 0.15) is 5.56 Å². The molecule has 2 nitrogen and oxygen atoms in total. The summed E-state index contributed by atoms with van der Waals surface area (Å²) in [7, 11) is 0. The molecule has 7 rings (SSSR count). The molecule has 0 radical (unpaired) electrons. The highest BCUT2D eigenvalue weighted by Crippen LogP contribution is 2.37. The van der Waals surface area contributed by atoms with Gasteiger partial charge in [0.2, 0.25) is 0 Å². The van der Waals surface area contributed by atoms with Gasteiger partial charge in [-0.1, -0.05) is 60.2 Å². The Balaban J connectivity index is 1.50. The van der Waals surface area contributed by atoms with Gasteiger partial charge in [0.25, 0.3) is 0 Å². The Hall–Kier alpha value is -4.30. The summed E-state index contributed by atoms with van der Waals surface area (Å²) in [6, 6.07) is 38.9. The Morgan fingerprint density at radius 3 is 2.00 bits per heavy atom. The van der Waals surface area contributed by atoms with E-state index < -0.39 is 0 Å². The molecule has 0 aliphatic carbocycles. The van der Waals surface area contributed by atoms with E-state index in [2.05, 4.69) is 109 Å². The number of para-hydroxylation sites is 2. The predicted molar refractivity (Wildman–Crippen MR) is 138 cm³/mol. The average molecular weight is 424 g/mol. The van der Waals surface area contributed by atoms with Crippen LogP contribution in [0.4, 0.5) is 0 Å². The highest BCUT2D eigenvalue weighted by molar-refractivity contribution is 6.11. The van der Waals surface area contributed by atoms with Gasteiger partial charge in [-0.05, 0) is 72.6 Å². The molecule has 2 aromatic heterocycles. The van der Waals surface area contributed by atoms with E-state index in [-0.39, 0.29) is 0 Å². The maximum Gasteiger partial charge on any atom is 0.135 e. The van der Waals surface area contributed by atoms with Crippen molar-refractivity contribution in [2.24, 2.45) is 0 Å². The zero-order chi connectivity index (χ0) is 21.9. The maximum absolute atomic E-state index is 6.03. The molecule has 0 saturated heterocycles. The van der Waals surface area contributed by atoms with Gasteiger partial charge in [0.05, 0.1) is 11.0 Å².